The van der Waals surface area contributed by atoms with Gasteiger partial charge in [-0.3, -0.25) is 14.9 Å². The molecule has 0 aliphatic heterocycles. The number of likely N-dealkylation sites (N-methyl/N-ethyl adjacent to an activating group) is 1. The zero-order chi connectivity index (χ0) is 16.2. The molecule has 1 aliphatic carbocycles. The van der Waals surface area contributed by atoms with Crippen molar-refractivity contribution in [2.75, 3.05) is 12.4 Å². The summed E-state index contributed by atoms with van der Waals surface area (Å²) in [5.74, 6) is -0.444. The van der Waals surface area contributed by atoms with Gasteiger partial charge in [-0.2, -0.15) is 5.10 Å². The summed E-state index contributed by atoms with van der Waals surface area (Å²) in [6.07, 6.45) is 4.31. The topological polar surface area (TPSA) is 96.9 Å². The molecule has 0 aromatic carbocycles. The van der Waals surface area contributed by atoms with Crippen LogP contribution >= 0.6 is 11.3 Å². The third-order valence-electron chi connectivity index (χ3n) is 3.70. The summed E-state index contributed by atoms with van der Waals surface area (Å²) < 4.78 is 0. The quantitative estimate of drug-likeness (QED) is 0.881. The number of aromatic nitrogens is 3. The molecule has 2 aromatic rings. The Balaban J connectivity index is 1.68. The Labute approximate surface area is 137 Å². The summed E-state index contributed by atoms with van der Waals surface area (Å²) >= 11 is 1.28. The van der Waals surface area contributed by atoms with Crippen LogP contribution in [0.25, 0.3) is 0 Å². The fourth-order valence-corrected chi connectivity index (χ4v) is 3.17. The van der Waals surface area contributed by atoms with E-state index in [1.165, 1.54) is 11.3 Å². The smallest absolute Gasteiger partial charge is 0.277 e. The van der Waals surface area contributed by atoms with E-state index in [-0.39, 0.29) is 18.2 Å². The van der Waals surface area contributed by atoms with Gasteiger partial charge in [0, 0.05) is 12.4 Å². The highest BCUT2D eigenvalue weighted by atomic mass is 32.1. The predicted molar refractivity (Wildman–Crippen MR) is 86.5 cm³/mol. The number of hydrogen-bond acceptors (Lipinski definition) is 6. The highest BCUT2D eigenvalue weighted by molar-refractivity contribution is 7.14. The minimum absolute atomic E-state index is 0.117. The Morgan fingerprint density at radius 2 is 2.09 bits per heavy atom. The first-order valence-electron chi connectivity index (χ1n) is 7.47. The highest BCUT2D eigenvalue weighted by Gasteiger charge is 2.17. The Morgan fingerprint density at radius 3 is 2.91 bits per heavy atom. The minimum atomic E-state index is -0.327. The van der Waals surface area contributed by atoms with Crippen molar-refractivity contribution in [2.24, 2.45) is 0 Å². The Hall–Kier alpha value is -2.35. The zero-order valence-electron chi connectivity index (χ0n) is 12.8. The third-order valence-corrected chi connectivity index (χ3v) is 4.50. The van der Waals surface area contributed by atoms with E-state index >= 15 is 0 Å². The van der Waals surface area contributed by atoms with Crippen molar-refractivity contribution < 1.29 is 9.59 Å². The minimum Gasteiger partial charge on any atom is -0.359 e. The molecule has 0 bridgehead atoms. The normalized spacial score (nSPS) is 13.3. The van der Waals surface area contributed by atoms with E-state index in [1.54, 1.807) is 12.4 Å². The summed E-state index contributed by atoms with van der Waals surface area (Å²) in [4.78, 5) is 27.8. The standard InChI is InChI=1S/C15H17N5O2S/c1-16-13(21)7-10-8-23-15(17-10)18-14(22)12-6-9-4-2-3-5-11(9)19-20-12/h6,8H,2-5,7H2,1H3,(H,16,21)(H,17,18,22). The van der Waals surface area contributed by atoms with E-state index < -0.39 is 0 Å². The predicted octanol–water partition coefficient (Wildman–Crippen LogP) is 1.35. The molecule has 1 aliphatic rings. The van der Waals surface area contributed by atoms with Gasteiger partial charge in [0.15, 0.2) is 10.8 Å². The SMILES string of the molecule is CNC(=O)Cc1csc(NC(=O)c2cc3c(nn2)CCCC3)n1. The maximum absolute atomic E-state index is 12.3. The molecule has 0 fully saturated rings. The van der Waals surface area contributed by atoms with Gasteiger partial charge in [0.1, 0.15) is 0 Å². The summed E-state index contributed by atoms with van der Waals surface area (Å²) in [5, 5.41) is 15.6. The lowest BCUT2D eigenvalue weighted by Crippen LogP contribution is -2.20. The van der Waals surface area contributed by atoms with Crippen molar-refractivity contribution in [1.29, 1.82) is 0 Å². The molecule has 2 N–H and O–H groups in total. The number of nitrogens with zero attached hydrogens (tertiary/aromatic N) is 3. The summed E-state index contributed by atoms with van der Waals surface area (Å²) in [7, 11) is 1.58. The van der Waals surface area contributed by atoms with Gasteiger partial charge in [0.2, 0.25) is 5.91 Å². The molecule has 120 valence electrons. The number of aryl methyl sites for hydroxylation is 2. The maximum atomic E-state index is 12.3. The molecule has 0 spiro atoms. The van der Waals surface area contributed by atoms with Crippen LogP contribution in [0.15, 0.2) is 11.4 Å². The van der Waals surface area contributed by atoms with Crippen LogP contribution in [0.1, 0.15) is 40.3 Å². The van der Waals surface area contributed by atoms with Crippen molar-refractivity contribution in [3.8, 4) is 0 Å². The van der Waals surface area contributed by atoms with Gasteiger partial charge in [0.25, 0.3) is 5.91 Å². The molecule has 2 heterocycles. The number of rotatable bonds is 4. The summed E-state index contributed by atoms with van der Waals surface area (Å²) in [6.45, 7) is 0. The average Bonchev–Trinajstić information content (AvgIpc) is 3.01. The van der Waals surface area contributed by atoms with Crippen LogP contribution in [-0.2, 0) is 24.1 Å². The number of nitrogens with one attached hydrogen (secondary N) is 2. The summed E-state index contributed by atoms with van der Waals surface area (Å²) in [6, 6.07) is 1.82. The monoisotopic (exact) mass is 331 g/mol. The van der Waals surface area contributed by atoms with E-state index in [0.29, 0.717) is 16.5 Å². The van der Waals surface area contributed by atoms with Crippen LogP contribution in [0.3, 0.4) is 0 Å². The van der Waals surface area contributed by atoms with Gasteiger partial charge in [-0.05, 0) is 37.3 Å². The number of carbonyl (C=O) groups is 2. The molecule has 0 saturated heterocycles. The Morgan fingerprint density at radius 1 is 1.26 bits per heavy atom. The molecular formula is C15H17N5O2S. The second kappa shape index (κ2) is 6.82. The number of amides is 2. The van der Waals surface area contributed by atoms with Crippen molar-refractivity contribution >= 4 is 28.3 Å². The fraction of sp³-hybridized carbons (Fsp3) is 0.400. The van der Waals surface area contributed by atoms with Gasteiger partial charge in [-0.1, -0.05) is 0 Å². The van der Waals surface area contributed by atoms with Gasteiger partial charge in [0.05, 0.1) is 17.8 Å². The number of fused-ring (bicyclic) bond motifs is 1. The Kier molecular flexibility index (Phi) is 4.61. The van der Waals surface area contributed by atoms with E-state index in [1.807, 2.05) is 6.07 Å². The van der Waals surface area contributed by atoms with E-state index in [0.717, 1.165) is 36.9 Å². The zero-order valence-corrected chi connectivity index (χ0v) is 13.6. The van der Waals surface area contributed by atoms with Crippen LogP contribution in [0.5, 0.6) is 0 Å². The van der Waals surface area contributed by atoms with Gasteiger partial charge >= 0.3 is 0 Å². The van der Waals surface area contributed by atoms with Crippen LogP contribution in [-0.4, -0.2) is 34.0 Å². The fourth-order valence-electron chi connectivity index (χ4n) is 2.46. The lowest BCUT2D eigenvalue weighted by atomic mass is 9.96. The first-order chi connectivity index (χ1) is 11.2. The lowest BCUT2D eigenvalue weighted by molar-refractivity contribution is -0.120. The maximum Gasteiger partial charge on any atom is 0.277 e. The molecule has 3 rings (SSSR count). The molecule has 2 aromatic heterocycles. The third kappa shape index (κ3) is 3.70. The first-order valence-corrected chi connectivity index (χ1v) is 8.35. The van der Waals surface area contributed by atoms with Gasteiger partial charge < -0.3 is 5.32 Å². The van der Waals surface area contributed by atoms with Gasteiger partial charge in [-0.15, -0.1) is 16.4 Å². The van der Waals surface area contributed by atoms with E-state index in [4.69, 9.17) is 0 Å². The Bertz CT molecular complexity index is 743. The number of thiazole rings is 1. The summed E-state index contributed by atoms with van der Waals surface area (Å²) in [5.41, 5.74) is 3.03. The van der Waals surface area contributed by atoms with Crippen molar-refractivity contribution in [3.05, 3.63) is 34.1 Å². The second-order valence-corrected chi connectivity index (χ2v) is 6.21. The number of carbonyl (C=O) groups excluding carboxylic acids is 2. The van der Waals surface area contributed by atoms with Crippen molar-refractivity contribution in [3.63, 3.8) is 0 Å². The molecular weight excluding hydrogens is 314 g/mol. The molecule has 0 unspecified atom stereocenters. The van der Waals surface area contributed by atoms with Crippen LogP contribution in [0.2, 0.25) is 0 Å². The average molecular weight is 331 g/mol. The van der Waals surface area contributed by atoms with Crippen molar-refractivity contribution in [1.82, 2.24) is 20.5 Å². The molecule has 0 saturated carbocycles. The lowest BCUT2D eigenvalue weighted by Gasteiger charge is -2.13. The van der Waals surface area contributed by atoms with Crippen LogP contribution < -0.4 is 10.6 Å². The second-order valence-electron chi connectivity index (χ2n) is 5.36. The van der Waals surface area contributed by atoms with Gasteiger partial charge in [-0.25, -0.2) is 4.98 Å². The molecule has 0 atom stereocenters. The molecule has 7 nitrogen and oxygen atoms in total. The first kappa shape index (κ1) is 15.5. The highest BCUT2D eigenvalue weighted by Crippen LogP contribution is 2.20. The van der Waals surface area contributed by atoms with E-state index in [2.05, 4.69) is 25.8 Å². The van der Waals surface area contributed by atoms with Crippen LogP contribution in [0, 0.1) is 0 Å². The van der Waals surface area contributed by atoms with Crippen LogP contribution in [0.4, 0.5) is 5.13 Å². The largest absolute Gasteiger partial charge is 0.359 e. The molecule has 8 heteroatoms. The number of hydrogen-bond donors (Lipinski definition) is 2. The molecule has 2 amide bonds. The molecule has 23 heavy (non-hydrogen) atoms. The van der Waals surface area contributed by atoms with E-state index in [9.17, 15) is 9.59 Å². The number of anilines is 1. The van der Waals surface area contributed by atoms with Crippen molar-refractivity contribution in [2.45, 2.75) is 32.1 Å². The molecule has 0 radical (unpaired) electrons.